The highest BCUT2D eigenvalue weighted by Crippen LogP contribution is 2.28. The van der Waals surface area contributed by atoms with E-state index in [1.165, 1.54) is 0 Å². The first-order valence-corrected chi connectivity index (χ1v) is 18.6. The van der Waals surface area contributed by atoms with Crippen molar-refractivity contribution in [1.29, 1.82) is 0 Å². The van der Waals surface area contributed by atoms with E-state index in [1.807, 2.05) is 89.0 Å². The van der Waals surface area contributed by atoms with Gasteiger partial charge in [0.15, 0.2) is 0 Å². The number of hydrogen-bond donors (Lipinski definition) is 2. The Balaban J connectivity index is 1.27. The molecule has 2 N–H and O–H groups in total. The van der Waals surface area contributed by atoms with Crippen LogP contribution in [0.15, 0.2) is 132 Å². The summed E-state index contributed by atoms with van der Waals surface area (Å²) in [5, 5.41) is 14.5. The lowest BCUT2D eigenvalue weighted by atomic mass is 10.0. The summed E-state index contributed by atoms with van der Waals surface area (Å²) in [5.74, 6) is -1.01. The number of nitrogens with zero attached hydrogens (tertiary/aromatic N) is 2. The van der Waals surface area contributed by atoms with Crippen LogP contribution in [0.4, 0.5) is 5.69 Å². The van der Waals surface area contributed by atoms with Gasteiger partial charge in [0.05, 0.1) is 22.0 Å². The van der Waals surface area contributed by atoms with Crippen molar-refractivity contribution in [1.82, 2.24) is 14.6 Å². The second-order valence-corrected chi connectivity index (χ2v) is 14.4. The lowest BCUT2D eigenvalue weighted by Gasteiger charge is -2.19. The van der Waals surface area contributed by atoms with Crippen LogP contribution in [0.5, 0.6) is 5.75 Å². The predicted octanol–water partition coefficient (Wildman–Crippen LogP) is 7.55. The van der Waals surface area contributed by atoms with E-state index in [0.717, 1.165) is 46.8 Å². The van der Waals surface area contributed by atoms with Crippen molar-refractivity contribution in [2.75, 3.05) is 6.61 Å². The van der Waals surface area contributed by atoms with E-state index >= 15 is 0 Å². The summed E-state index contributed by atoms with van der Waals surface area (Å²) in [6.07, 6.45) is 2.45. The van der Waals surface area contributed by atoms with E-state index in [4.69, 9.17) is 16.3 Å². The van der Waals surface area contributed by atoms with E-state index in [1.54, 1.807) is 36.5 Å². The number of benzene rings is 5. The summed E-state index contributed by atoms with van der Waals surface area (Å²) >= 11 is 5.88. The van der Waals surface area contributed by atoms with Crippen LogP contribution in [-0.2, 0) is 27.8 Å². The van der Waals surface area contributed by atoms with Gasteiger partial charge in [0.2, 0.25) is 0 Å². The largest absolute Gasteiger partial charge is 0.494 e. The third kappa shape index (κ3) is 8.74. The fourth-order valence-corrected chi connectivity index (χ4v) is 7.10. The molecule has 0 unspecified atom stereocenters. The maximum atomic E-state index is 14.0. The number of rotatable bonds is 14. The molecule has 6 rings (SSSR count). The quantitative estimate of drug-likeness (QED) is 0.0862. The average molecular weight is 751 g/mol. The fourth-order valence-electron chi connectivity index (χ4n) is 5.87. The van der Waals surface area contributed by atoms with Gasteiger partial charge < -0.3 is 14.6 Å². The molecule has 53 heavy (non-hydrogen) atoms. The average Bonchev–Trinajstić information content (AvgIpc) is 3.53. The van der Waals surface area contributed by atoms with Crippen molar-refractivity contribution < 1.29 is 27.7 Å². The van der Waals surface area contributed by atoms with E-state index in [2.05, 4.69) is 5.32 Å². The van der Waals surface area contributed by atoms with Gasteiger partial charge >= 0.3 is 0 Å². The Labute approximate surface area is 311 Å². The number of nitrogens with one attached hydrogen (secondary N) is 2. The van der Waals surface area contributed by atoms with E-state index in [9.17, 15) is 28.1 Å². The highest BCUT2D eigenvalue weighted by atomic mass is 35.5. The van der Waals surface area contributed by atoms with Gasteiger partial charge in [-0.1, -0.05) is 103 Å². The number of nitro benzene ring substituents is 1. The molecule has 0 aliphatic rings. The minimum absolute atomic E-state index is 0.0751. The van der Waals surface area contributed by atoms with Gasteiger partial charge in [0.1, 0.15) is 16.8 Å². The molecule has 0 spiro atoms. The molecule has 0 saturated heterocycles. The Morgan fingerprint density at radius 1 is 0.868 bits per heavy atom. The second kappa shape index (κ2) is 16.1. The van der Waals surface area contributed by atoms with Gasteiger partial charge in [-0.15, -0.1) is 0 Å². The van der Waals surface area contributed by atoms with Crippen molar-refractivity contribution in [3.8, 4) is 16.9 Å². The molecule has 0 saturated carbocycles. The van der Waals surface area contributed by atoms with Crippen molar-refractivity contribution in [2.45, 2.75) is 37.2 Å². The van der Waals surface area contributed by atoms with Crippen LogP contribution in [0.1, 0.15) is 34.8 Å². The third-order valence-corrected chi connectivity index (χ3v) is 10.2. The second-order valence-electron chi connectivity index (χ2n) is 12.3. The molecular weight excluding hydrogens is 716 g/mol. The normalized spacial score (nSPS) is 11.9. The van der Waals surface area contributed by atoms with E-state index in [-0.39, 0.29) is 11.4 Å². The number of carbonyl (C=O) groups excluding carboxylic acids is 2. The summed E-state index contributed by atoms with van der Waals surface area (Å²) in [7, 11) is -4.61. The van der Waals surface area contributed by atoms with Crippen molar-refractivity contribution in [2.24, 2.45) is 0 Å². The van der Waals surface area contributed by atoms with Crippen molar-refractivity contribution in [3.63, 3.8) is 0 Å². The molecule has 0 aliphatic carbocycles. The van der Waals surface area contributed by atoms with Crippen molar-refractivity contribution >= 4 is 50.0 Å². The predicted molar refractivity (Wildman–Crippen MR) is 204 cm³/mol. The zero-order valence-corrected chi connectivity index (χ0v) is 30.1. The van der Waals surface area contributed by atoms with E-state index < -0.39 is 43.4 Å². The Morgan fingerprint density at radius 2 is 1.53 bits per heavy atom. The van der Waals surface area contributed by atoms with Gasteiger partial charge in [0.25, 0.3) is 27.5 Å². The molecule has 0 radical (unpaired) electrons. The topological polar surface area (TPSA) is 150 Å². The summed E-state index contributed by atoms with van der Waals surface area (Å²) in [6, 6.07) is 34.0. The first kappa shape index (κ1) is 36.8. The molecule has 0 aliphatic heterocycles. The Hall–Kier alpha value is -5.98. The SMILES string of the molecule is CCCOc1ccc(C[C@H](NC(=O)c2cn(Cc3ccc(-c4ccccc4)cc3)c3ccccc23)C(=O)NS(=O)(=O)c2ccc(Cl)c([N+](=O)[O-])c2)cc1. The summed E-state index contributed by atoms with van der Waals surface area (Å²) in [4.78, 5) is 37.8. The Kier molecular flexibility index (Phi) is 11.2. The zero-order valence-electron chi connectivity index (χ0n) is 28.6. The summed E-state index contributed by atoms with van der Waals surface area (Å²) in [6.45, 7) is 2.97. The molecule has 2 amide bonds. The monoisotopic (exact) mass is 750 g/mol. The molecule has 0 bridgehead atoms. The molecule has 1 heterocycles. The molecule has 0 fully saturated rings. The number of para-hydroxylation sites is 1. The third-order valence-electron chi connectivity index (χ3n) is 8.56. The molecule has 11 nitrogen and oxygen atoms in total. The summed E-state index contributed by atoms with van der Waals surface area (Å²) < 4.78 is 36.2. The number of halogens is 1. The molecule has 13 heteroatoms. The smallest absolute Gasteiger partial charge is 0.289 e. The first-order chi connectivity index (χ1) is 25.5. The zero-order chi connectivity index (χ0) is 37.5. The number of ether oxygens (including phenoxy) is 1. The number of sulfonamides is 1. The highest BCUT2D eigenvalue weighted by molar-refractivity contribution is 7.90. The van der Waals surface area contributed by atoms with Crippen molar-refractivity contribution in [3.05, 3.63) is 159 Å². The van der Waals surface area contributed by atoms with Gasteiger partial charge in [-0.05, 0) is 59.0 Å². The number of carbonyl (C=O) groups is 2. The molecule has 5 aromatic carbocycles. The van der Waals surface area contributed by atoms with Gasteiger partial charge in [-0.3, -0.25) is 19.7 Å². The van der Waals surface area contributed by atoms with E-state index in [0.29, 0.717) is 35.4 Å². The maximum Gasteiger partial charge on any atom is 0.289 e. The van der Waals surface area contributed by atoms with Crippen LogP contribution in [0.25, 0.3) is 22.0 Å². The number of amides is 2. The van der Waals surface area contributed by atoms with Crippen LogP contribution in [0.2, 0.25) is 5.02 Å². The number of fused-ring (bicyclic) bond motifs is 1. The standard InChI is InChI=1S/C40H35ClN4O7S/c1-2-22-52-31-18-14-27(15-19-31)23-36(40(47)43-53(50,51)32-20-21-35(41)38(24-32)45(48)49)42-39(46)34-26-44(37-11-7-6-10-33(34)37)25-28-12-16-30(17-13-28)29-8-4-3-5-9-29/h3-21,24,26,36H,2,22-23,25H2,1H3,(H,42,46)(H,43,47)/t36-/m0/s1. The Morgan fingerprint density at radius 3 is 2.23 bits per heavy atom. The number of nitro groups is 1. The minimum Gasteiger partial charge on any atom is -0.494 e. The molecule has 6 aromatic rings. The van der Waals surface area contributed by atoms with Gasteiger partial charge in [0, 0.05) is 36.1 Å². The number of hydrogen-bond acceptors (Lipinski definition) is 7. The van der Waals surface area contributed by atoms with Gasteiger partial charge in [-0.2, -0.15) is 0 Å². The van der Waals surface area contributed by atoms with Crippen LogP contribution in [0, 0.1) is 10.1 Å². The minimum atomic E-state index is -4.61. The maximum absolute atomic E-state index is 14.0. The Bertz CT molecular complexity index is 2380. The lowest BCUT2D eigenvalue weighted by molar-refractivity contribution is -0.384. The molecule has 1 atom stereocenters. The lowest BCUT2D eigenvalue weighted by Crippen LogP contribution is -2.49. The van der Waals surface area contributed by atoms with Crippen LogP contribution < -0.4 is 14.8 Å². The molecule has 1 aromatic heterocycles. The van der Waals surface area contributed by atoms with Crippen LogP contribution in [0.3, 0.4) is 0 Å². The molecular formula is C40H35ClN4O7S. The molecule has 270 valence electrons. The van der Waals surface area contributed by atoms with Crippen LogP contribution in [-0.4, -0.2) is 42.4 Å². The fraction of sp³-hybridized carbons (Fsp3) is 0.150. The highest BCUT2D eigenvalue weighted by Gasteiger charge is 2.29. The first-order valence-electron chi connectivity index (χ1n) is 16.8. The summed E-state index contributed by atoms with van der Waals surface area (Å²) in [5.41, 5.74) is 4.25. The van der Waals surface area contributed by atoms with Gasteiger partial charge in [-0.25, -0.2) is 13.1 Å². The number of aromatic nitrogens is 1. The van der Waals surface area contributed by atoms with Crippen LogP contribution >= 0.6 is 11.6 Å².